The lowest BCUT2D eigenvalue weighted by Crippen LogP contribution is -2.20. The van der Waals surface area contributed by atoms with E-state index in [1.165, 1.54) is 18.2 Å². The maximum atomic E-state index is 14.2. The first-order valence-electron chi connectivity index (χ1n) is 14.0. The molecule has 4 aromatic carbocycles. The summed E-state index contributed by atoms with van der Waals surface area (Å²) in [5.41, 5.74) is 3.17. The van der Waals surface area contributed by atoms with Crippen LogP contribution in [0.5, 0.6) is 11.5 Å². The monoisotopic (exact) mass is 573 g/mol. The van der Waals surface area contributed by atoms with Crippen LogP contribution in [0.4, 0.5) is 18.9 Å². The number of rotatable bonds is 8. The van der Waals surface area contributed by atoms with Crippen LogP contribution in [0, 0.1) is 17.5 Å². The van der Waals surface area contributed by atoms with Gasteiger partial charge in [-0.3, -0.25) is 4.79 Å². The number of anilines is 1. The van der Waals surface area contributed by atoms with Crippen molar-refractivity contribution in [1.82, 2.24) is 10.6 Å². The van der Waals surface area contributed by atoms with Gasteiger partial charge in [-0.05, 0) is 97.7 Å². The molecule has 2 aliphatic rings. The second kappa shape index (κ2) is 12.3. The van der Waals surface area contributed by atoms with Gasteiger partial charge in [0, 0.05) is 35.5 Å². The molecule has 9 heteroatoms. The number of ether oxygens (including phenoxy) is 2. The van der Waals surface area contributed by atoms with Crippen molar-refractivity contribution in [3.63, 3.8) is 0 Å². The molecule has 2 aliphatic heterocycles. The van der Waals surface area contributed by atoms with E-state index in [1.54, 1.807) is 48.5 Å². The fraction of sp³-hybridized carbons (Fsp3) is 0.242. The highest BCUT2D eigenvalue weighted by atomic mass is 19.2. The highest BCUT2D eigenvalue weighted by Crippen LogP contribution is 2.36. The number of amides is 1. The fourth-order valence-electron chi connectivity index (χ4n) is 5.25. The number of hydrogen-bond donors (Lipinski definition) is 3. The molecule has 0 bridgehead atoms. The standard InChI is InChI=1S/C33H30F3N3O3/c34-23-5-1-20(2-6-23)28-17-24(7-10-32(28)42-26-12-14-38-19-26)39-33(40)22-4-9-31(41-25-11-13-37-18-25)27(15-22)21-3-8-29(35)30(36)16-21/h1-10,15-17,25-26,37-38H,11-14,18-19H2,(H,39,40)/t25-,26+/m0/s1. The third kappa shape index (κ3) is 6.27. The Bertz CT molecular complexity index is 1580. The van der Waals surface area contributed by atoms with Crippen LogP contribution in [0.2, 0.25) is 0 Å². The molecule has 0 unspecified atom stereocenters. The fourth-order valence-corrected chi connectivity index (χ4v) is 5.25. The van der Waals surface area contributed by atoms with Crippen molar-refractivity contribution >= 4 is 11.6 Å². The van der Waals surface area contributed by atoms with Crippen molar-refractivity contribution < 1.29 is 27.4 Å². The van der Waals surface area contributed by atoms with Crippen LogP contribution >= 0.6 is 0 Å². The largest absolute Gasteiger partial charge is 0.488 e. The molecule has 6 rings (SSSR count). The van der Waals surface area contributed by atoms with Gasteiger partial charge < -0.3 is 25.4 Å². The van der Waals surface area contributed by atoms with Crippen molar-refractivity contribution in [2.45, 2.75) is 25.0 Å². The molecule has 2 atom stereocenters. The quantitative estimate of drug-likeness (QED) is 0.235. The van der Waals surface area contributed by atoms with E-state index in [1.807, 2.05) is 0 Å². The van der Waals surface area contributed by atoms with E-state index in [4.69, 9.17) is 9.47 Å². The first-order valence-corrected chi connectivity index (χ1v) is 14.0. The zero-order chi connectivity index (χ0) is 29.1. The van der Waals surface area contributed by atoms with E-state index in [0.717, 1.165) is 55.7 Å². The minimum atomic E-state index is -0.986. The Balaban J connectivity index is 1.30. The molecule has 0 radical (unpaired) electrons. The molecule has 0 aromatic heterocycles. The zero-order valence-electron chi connectivity index (χ0n) is 22.8. The molecule has 2 heterocycles. The molecule has 6 nitrogen and oxygen atoms in total. The molecule has 0 saturated carbocycles. The summed E-state index contributed by atoms with van der Waals surface area (Å²) in [4.78, 5) is 13.4. The number of benzene rings is 4. The van der Waals surface area contributed by atoms with E-state index in [2.05, 4.69) is 16.0 Å². The highest BCUT2D eigenvalue weighted by molar-refractivity contribution is 6.05. The summed E-state index contributed by atoms with van der Waals surface area (Å²) in [6.07, 6.45) is 1.63. The van der Waals surface area contributed by atoms with E-state index in [0.29, 0.717) is 40.4 Å². The van der Waals surface area contributed by atoms with Crippen molar-refractivity contribution in [3.05, 3.63) is 102 Å². The molecule has 3 N–H and O–H groups in total. The molecule has 2 saturated heterocycles. The van der Waals surface area contributed by atoms with Crippen LogP contribution < -0.4 is 25.4 Å². The predicted octanol–water partition coefficient (Wildman–Crippen LogP) is 6.17. The van der Waals surface area contributed by atoms with Gasteiger partial charge in [-0.1, -0.05) is 18.2 Å². The summed E-state index contributed by atoms with van der Waals surface area (Å²) in [6.45, 7) is 3.11. The van der Waals surface area contributed by atoms with Crippen LogP contribution in [0.3, 0.4) is 0 Å². The molecule has 216 valence electrons. The van der Waals surface area contributed by atoms with Crippen LogP contribution in [0.15, 0.2) is 78.9 Å². The number of carbonyl (C=O) groups is 1. The van der Waals surface area contributed by atoms with Crippen LogP contribution in [0.1, 0.15) is 23.2 Å². The van der Waals surface area contributed by atoms with Gasteiger partial charge in [0.05, 0.1) is 0 Å². The van der Waals surface area contributed by atoms with Crippen LogP contribution in [-0.2, 0) is 0 Å². The summed E-state index contributed by atoms with van der Waals surface area (Å²) >= 11 is 0. The normalized spacial score (nSPS) is 18.2. The van der Waals surface area contributed by atoms with Gasteiger partial charge in [0.15, 0.2) is 11.6 Å². The Kier molecular flexibility index (Phi) is 8.12. The maximum Gasteiger partial charge on any atom is 0.255 e. The molecule has 42 heavy (non-hydrogen) atoms. The van der Waals surface area contributed by atoms with E-state index in [-0.39, 0.29) is 18.0 Å². The molecule has 0 aliphatic carbocycles. The highest BCUT2D eigenvalue weighted by Gasteiger charge is 2.21. The first-order chi connectivity index (χ1) is 20.4. The summed E-state index contributed by atoms with van der Waals surface area (Å²) < 4.78 is 53.9. The number of halogens is 3. The molecule has 2 fully saturated rings. The van der Waals surface area contributed by atoms with Crippen molar-refractivity contribution in [2.75, 3.05) is 31.5 Å². The average Bonchev–Trinajstić information content (AvgIpc) is 3.71. The van der Waals surface area contributed by atoms with Gasteiger partial charge in [-0.15, -0.1) is 0 Å². The predicted molar refractivity (Wildman–Crippen MR) is 155 cm³/mol. The number of hydrogen-bond acceptors (Lipinski definition) is 5. The van der Waals surface area contributed by atoms with Gasteiger partial charge >= 0.3 is 0 Å². The third-order valence-corrected chi connectivity index (χ3v) is 7.48. The van der Waals surface area contributed by atoms with Crippen LogP contribution in [-0.4, -0.2) is 44.3 Å². The molecule has 4 aromatic rings. The molecular weight excluding hydrogens is 543 g/mol. The van der Waals surface area contributed by atoms with Gasteiger partial charge in [0.1, 0.15) is 29.5 Å². The van der Waals surface area contributed by atoms with Gasteiger partial charge in [-0.2, -0.15) is 0 Å². The van der Waals surface area contributed by atoms with Crippen molar-refractivity contribution in [3.8, 4) is 33.8 Å². The Morgan fingerprint density at radius 1 is 0.690 bits per heavy atom. The summed E-state index contributed by atoms with van der Waals surface area (Å²) in [5.74, 6) is -1.57. The lowest BCUT2D eigenvalue weighted by atomic mass is 10.0. The summed E-state index contributed by atoms with van der Waals surface area (Å²) in [6, 6.07) is 20.0. The Hall–Kier alpha value is -4.34. The van der Waals surface area contributed by atoms with Gasteiger partial charge in [0.25, 0.3) is 5.91 Å². The zero-order valence-corrected chi connectivity index (χ0v) is 22.8. The Labute approximate surface area is 241 Å². The van der Waals surface area contributed by atoms with Crippen molar-refractivity contribution in [2.24, 2.45) is 0 Å². The smallest absolute Gasteiger partial charge is 0.255 e. The van der Waals surface area contributed by atoms with E-state index in [9.17, 15) is 18.0 Å². The Morgan fingerprint density at radius 2 is 1.31 bits per heavy atom. The lowest BCUT2D eigenvalue weighted by molar-refractivity contribution is 0.102. The number of nitrogens with one attached hydrogen (secondary N) is 3. The van der Waals surface area contributed by atoms with Crippen LogP contribution in [0.25, 0.3) is 22.3 Å². The number of carbonyl (C=O) groups excluding carboxylic acids is 1. The molecule has 0 spiro atoms. The third-order valence-electron chi connectivity index (χ3n) is 7.48. The lowest BCUT2D eigenvalue weighted by Gasteiger charge is -2.19. The van der Waals surface area contributed by atoms with E-state index >= 15 is 0 Å². The first kappa shape index (κ1) is 27.8. The minimum Gasteiger partial charge on any atom is -0.488 e. The SMILES string of the molecule is O=C(Nc1ccc(O[C@@H]2CCNC2)c(-c2ccc(F)cc2)c1)c1ccc(O[C@H]2CCNC2)c(-c2ccc(F)c(F)c2)c1. The summed E-state index contributed by atoms with van der Waals surface area (Å²) in [5, 5.41) is 9.44. The average molecular weight is 574 g/mol. The van der Waals surface area contributed by atoms with E-state index < -0.39 is 17.5 Å². The topological polar surface area (TPSA) is 71.6 Å². The van der Waals surface area contributed by atoms with Gasteiger partial charge in [-0.25, -0.2) is 13.2 Å². The van der Waals surface area contributed by atoms with Crippen molar-refractivity contribution in [1.29, 1.82) is 0 Å². The van der Waals surface area contributed by atoms with Gasteiger partial charge in [0.2, 0.25) is 0 Å². The maximum absolute atomic E-state index is 14.2. The minimum absolute atomic E-state index is 0.0140. The second-order valence-corrected chi connectivity index (χ2v) is 10.5. The summed E-state index contributed by atoms with van der Waals surface area (Å²) in [7, 11) is 0. The second-order valence-electron chi connectivity index (χ2n) is 10.5. The Morgan fingerprint density at radius 3 is 1.93 bits per heavy atom. The molecular formula is C33H30F3N3O3. The molecule has 1 amide bonds.